The number of nitrogens with two attached hydrogens (primary N) is 1. The third-order valence-electron chi connectivity index (χ3n) is 2.16. The molecule has 1 saturated heterocycles. The van der Waals surface area contributed by atoms with Gasteiger partial charge in [0.05, 0.1) is 5.92 Å². The normalized spacial score (nSPS) is 19.2. The van der Waals surface area contributed by atoms with Gasteiger partial charge in [0.15, 0.2) is 0 Å². The number of hydrogen-bond donors (Lipinski definition) is 2. The standard InChI is InChI=1S/C7H12N2O3/c8-7(12)9-3-1-5(2-4-9)6(10)11/h5H,1-4H2,(H2,8,12)(H,10,11). The Morgan fingerprint density at radius 3 is 2.17 bits per heavy atom. The van der Waals surface area contributed by atoms with Crippen LogP contribution in [0.15, 0.2) is 0 Å². The number of urea groups is 1. The molecule has 0 spiro atoms. The summed E-state index contributed by atoms with van der Waals surface area (Å²) in [5, 5.41) is 8.63. The monoisotopic (exact) mass is 172 g/mol. The lowest BCUT2D eigenvalue weighted by Gasteiger charge is -2.28. The van der Waals surface area contributed by atoms with Crippen molar-refractivity contribution in [1.29, 1.82) is 0 Å². The Hall–Kier alpha value is -1.26. The molecule has 68 valence electrons. The lowest BCUT2D eigenvalue weighted by atomic mass is 9.97. The predicted octanol–water partition coefficient (Wildman–Crippen LogP) is -0.138. The zero-order valence-corrected chi connectivity index (χ0v) is 6.69. The molecule has 2 amide bonds. The molecule has 0 bridgehead atoms. The van der Waals surface area contributed by atoms with Crippen LogP contribution in [0.4, 0.5) is 4.79 Å². The van der Waals surface area contributed by atoms with Gasteiger partial charge in [0.25, 0.3) is 0 Å². The minimum atomic E-state index is -0.779. The summed E-state index contributed by atoms with van der Waals surface area (Å²) in [6.07, 6.45) is 1.02. The van der Waals surface area contributed by atoms with E-state index in [1.54, 1.807) is 0 Å². The van der Waals surface area contributed by atoms with Crippen LogP contribution in [0.2, 0.25) is 0 Å². The van der Waals surface area contributed by atoms with Gasteiger partial charge in [-0.25, -0.2) is 4.79 Å². The van der Waals surface area contributed by atoms with Crippen molar-refractivity contribution in [3.63, 3.8) is 0 Å². The van der Waals surface area contributed by atoms with Crippen molar-refractivity contribution in [2.45, 2.75) is 12.8 Å². The Morgan fingerprint density at radius 1 is 1.33 bits per heavy atom. The number of likely N-dealkylation sites (tertiary alicyclic amines) is 1. The second kappa shape index (κ2) is 3.42. The van der Waals surface area contributed by atoms with E-state index in [9.17, 15) is 9.59 Å². The van der Waals surface area contributed by atoms with Crippen LogP contribution in [0, 0.1) is 5.92 Å². The lowest BCUT2D eigenvalue weighted by Crippen LogP contribution is -2.42. The molecule has 0 aromatic carbocycles. The zero-order chi connectivity index (χ0) is 9.14. The fourth-order valence-electron chi connectivity index (χ4n) is 1.35. The molecular weight excluding hydrogens is 160 g/mol. The van der Waals surface area contributed by atoms with Crippen LogP contribution in [0.25, 0.3) is 0 Å². The molecule has 0 unspecified atom stereocenters. The molecule has 0 saturated carbocycles. The number of aliphatic carboxylic acids is 1. The molecular formula is C7H12N2O3. The summed E-state index contributed by atoms with van der Waals surface area (Å²) in [7, 11) is 0. The van der Waals surface area contributed by atoms with Gasteiger partial charge < -0.3 is 15.7 Å². The molecule has 0 aromatic rings. The summed E-state index contributed by atoms with van der Waals surface area (Å²) in [6.45, 7) is 0.929. The molecule has 0 atom stereocenters. The molecule has 0 aromatic heterocycles. The Labute approximate surface area is 70.1 Å². The number of carboxylic acids is 1. The van der Waals surface area contributed by atoms with Crippen LogP contribution in [-0.4, -0.2) is 35.1 Å². The molecule has 3 N–H and O–H groups in total. The van der Waals surface area contributed by atoms with E-state index in [1.807, 2.05) is 0 Å². The third-order valence-corrected chi connectivity index (χ3v) is 2.16. The highest BCUT2D eigenvalue weighted by Gasteiger charge is 2.25. The van der Waals surface area contributed by atoms with Gasteiger partial charge in [0.2, 0.25) is 0 Å². The van der Waals surface area contributed by atoms with E-state index in [4.69, 9.17) is 10.8 Å². The van der Waals surface area contributed by atoms with Gasteiger partial charge in [-0.15, -0.1) is 0 Å². The second-order valence-electron chi connectivity index (χ2n) is 2.94. The van der Waals surface area contributed by atoms with E-state index >= 15 is 0 Å². The maximum atomic E-state index is 10.6. The molecule has 0 aliphatic carbocycles. The maximum Gasteiger partial charge on any atom is 0.314 e. The van der Waals surface area contributed by atoms with E-state index in [0.29, 0.717) is 25.9 Å². The number of nitrogens with zero attached hydrogens (tertiary/aromatic N) is 1. The average molecular weight is 172 g/mol. The van der Waals surface area contributed by atoms with E-state index in [2.05, 4.69) is 0 Å². The van der Waals surface area contributed by atoms with E-state index in [-0.39, 0.29) is 5.92 Å². The summed E-state index contributed by atoms with van der Waals surface area (Å²) in [4.78, 5) is 22.6. The fraction of sp³-hybridized carbons (Fsp3) is 0.714. The summed E-state index contributed by atoms with van der Waals surface area (Å²) in [5.41, 5.74) is 5.03. The van der Waals surface area contributed by atoms with Gasteiger partial charge in [-0.05, 0) is 12.8 Å². The largest absolute Gasteiger partial charge is 0.481 e. The van der Waals surface area contributed by atoms with Crippen molar-refractivity contribution >= 4 is 12.0 Å². The summed E-state index contributed by atoms with van der Waals surface area (Å²) < 4.78 is 0. The highest BCUT2D eigenvalue weighted by molar-refractivity contribution is 5.73. The van der Waals surface area contributed by atoms with Gasteiger partial charge >= 0.3 is 12.0 Å². The number of primary amides is 1. The van der Waals surface area contributed by atoms with Crippen molar-refractivity contribution in [3.05, 3.63) is 0 Å². The number of carbonyl (C=O) groups is 2. The highest BCUT2D eigenvalue weighted by Crippen LogP contribution is 2.16. The highest BCUT2D eigenvalue weighted by atomic mass is 16.4. The van der Waals surface area contributed by atoms with E-state index < -0.39 is 12.0 Å². The SMILES string of the molecule is NC(=O)N1CCC(C(=O)O)CC1. The first-order valence-corrected chi connectivity index (χ1v) is 3.88. The van der Waals surface area contributed by atoms with Crippen molar-refractivity contribution in [2.75, 3.05) is 13.1 Å². The Kier molecular flexibility index (Phi) is 2.52. The smallest absolute Gasteiger partial charge is 0.314 e. The van der Waals surface area contributed by atoms with Crippen molar-refractivity contribution in [3.8, 4) is 0 Å². The first-order valence-electron chi connectivity index (χ1n) is 3.88. The minimum absolute atomic E-state index is 0.305. The van der Waals surface area contributed by atoms with Crippen LogP contribution in [0.1, 0.15) is 12.8 Å². The number of amides is 2. The first kappa shape index (κ1) is 8.83. The topological polar surface area (TPSA) is 83.6 Å². The van der Waals surface area contributed by atoms with Gasteiger partial charge in [-0.2, -0.15) is 0 Å². The van der Waals surface area contributed by atoms with Crippen LogP contribution >= 0.6 is 0 Å². The lowest BCUT2D eigenvalue weighted by molar-refractivity contribution is -0.143. The first-order chi connectivity index (χ1) is 5.61. The molecule has 1 rings (SSSR count). The summed E-state index contributed by atoms with van der Waals surface area (Å²) in [6, 6.07) is -0.459. The molecule has 12 heavy (non-hydrogen) atoms. The van der Waals surface area contributed by atoms with Crippen molar-refractivity contribution in [2.24, 2.45) is 11.7 Å². The average Bonchev–Trinajstić information content (AvgIpc) is 2.04. The minimum Gasteiger partial charge on any atom is -0.481 e. The van der Waals surface area contributed by atoms with E-state index in [1.165, 1.54) is 4.90 Å². The number of piperidine rings is 1. The van der Waals surface area contributed by atoms with Crippen LogP contribution in [0.3, 0.4) is 0 Å². The zero-order valence-electron chi connectivity index (χ0n) is 6.69. The van der Waals surface area contributed by atoms with Gasteiger partial charge in [0.1, 0.15) is 0 Å². The van der Waals surface area contributed by atoms with Gasteiger partial charge in [-0.1, -0.05) is 0 Å². The second-order valence-corrected chi connectivity index (χ2v) is 2.94. The van der Waals surface area contributed by atoms with Crippen molar-refractivity contribution < 1.29 is 14.7 Å². The summed E-state index contributed by atoms with van der Waals surface area (Å²) in [5.74, 6) is -1.08. The van der Waals surface area contributed by atoms with E-state index in [0.717, 1.165) is 0 Å². The number of carbonyl (C=O) groups excluding carboxylic acids is 1. The maximum absolute atomic E-state index is 10.6. The van der Waals surface area contributed by atoms with Crippen LogP contribution < -0.4 is 5.73 Å². The van der Waals surface area contributed by atoms with Crippen molar-refractivity contribution in [1.82, 2.24) is 4.90 Å². The fourth-order valence-corrected chi connectivity index (χ4v) is 1.35. The number of rotatable bonds is 1. The molecule has 1 fully saturated rings. The third kappa shape index (κ3) is 1.87. The van der Waals surface area contributed by atoms with Crippen LogP contribution in [-0.2, 0) is 4.79 Å². The van der Waals surface area contributed by atoms with Gasteiger partial charge in [-0.3, -0.25) is 4.79 Å². The molecule has 1 aliphatic rings. The molecule has 1 heterocycles. The van der Waals surface area contributed by atoms with Crippen LogP contribution in [0.5, 0.6) is 0 Å². The quantitative estimate of drug-likeness (QED) is 0.577. The van der Waals surface area contributed by atoms with Gasteiger partial charge in [0, 0.05) is 13.1 Å². The molecule has 5 nitrogen and oxygen atoms in total. The molecule has 0 radical (unpaired) electrons. The Balaban J connectivity index is 2.39. The Morgan fingerprint density at radius 2 is 1.83 bits per heavy atom. The molecule has 5 heteroatoms. The summed E-state index contributed by atoms with van der Waals surface area (Å²) >= 11 is 0. The predicted molar refractivity (Wildman–Crippen MR) is 41.5 cm³/mol. The number of hydrogen-bond acceptors (Lipinski definition) is 2. The molecule has 1 aliphatic heterocycles. The number of carboxylic acid groups (broad SMARTS) is 1. The Bertz CT molecular complexity index is 175.